The van der Waals surface area contributed by atoms with Crippen molar-refractivity contribution in [3.05, 3.63) is 71.4 Å². The Morgan fingerprint density at radius 1 is 1.00 bits per heavy atom. The molecule has 16 nitrogen and oxygen atoms in total. The van der Waals surface area contributed by atoms with Gasteiger partial charge in [0, 0.05) is 42.9 Å². The third kappa shape index (κ3) is 12.4. The highest BCUT2D eigenvalue weighted by molar-refractivity contribution is 6.35. The van der Waals surface area contributed by atoms with Gasteiger partial charge in [-0.25, -0.2) is 19.5 Å². The number of carbonyl (C=O) groups excluding carboxylic acids is 3. The van der Waals surface area contributed by atoms with Gasteiger partial charge in [-0.05, 0) is 105 Å². The van der Waals surface area contributed by atoms with Crippen molar-refractivity contribution in [2.24, 2.45) is 17.6 Å². The molecule has 20 heteroatoms. The summed E-state index contributed by atoms with van der Waals surface area (Å²) in [5, 5.41) is 24.6. The molecule has 1 saturated carbocycles. The normalized spacial score (nSPS) is 17.4. The van der Waals surface area contributed by atoms with E-state index in [1.54, 1.807) is 30.5 Å². The molecule has 0 radical (unpaired) electrons. The monoisotopic (exact) mass is 857 g/mol. The molecule has 2 aromatic heterocycles. The van der Waals surface area contributed by atoms with Crippen LogP contribution in [0.1, 0.15) is 52.0 Å². The molecule has 1 saturated heterocycles. The van der Waals surface area contributed by atoms with Crippen LogP contribution in [0.2, 0.25) is 5.02 Å². The summed E-state index contributed by atoms with van der Waals surface area (Å²) in [5.74, 6) is -2.61. The number of carboxylic acid groups (broad SMARTS) is 1. The van der Waals surface area contributed by atoms with Crippen LogP contribution in [0.25, 0.3) is 22.5 Å². The second-order valence-corrected chi connectivity index (χ2v) is 15.7. The van der Waals surface area contributed by atoms with Gasteiger partial charge in [0.1, 0.15) is 11.4 Å². The zero-order valence-electron chi connectivity index (χ0n) is 33.2. The number of aliphatic carboxylic acids is 1. The Hall–Kier alpha value is -5.66. The molecule has 3 amide bonds. The number of alkyl halides is 3. The summed E-state index contributed by atoms with van der Waals surface area (Å²) in [6.07, 6.45) is -0.979. The Labute approximate surface area is 348 Å². The number of pyridine rings is 1. The lowest BCUT2D eigenvalue weighted by atomic mass is 9.81. The smallest absolute Gasteiger partial charge is 0.475 e. The highest BCUT2D eigenvalue weighted by Crippen LogP contribution is 2.35. The van der Waals surface area contributed by atoms with E-state index in [9.17, 15) is 27.6 Å². The van der Waals surface area contributed by atoms with Crippen LogP contribution in [-0.2, 0) is 30.3 Å². The number of ether oxygens (including phenoxy) is 2. The molecule has 0 spiro atoms. The minimum Gasteiger partial charge on any atom is -0.475 e. The average molecular weight is 858 g/mol. The van der Waals surface area contributed by atoms with Crippen molar-refractivity contribution in [3.8, 4) is 22.5 Å². The number of nitrogens with zero attached hydrogens (tertiary/aromatic N) is 6. The zero-order chi connectivity index (χ0) is 43.6. The molecule has 3 heterocycles. The molecule has 2 fully saturated rings. The molecule has 60 heavy (non-hydrogen) atoms. The number of nitrogens with two attached hydrogens (primary N) is 1. The van der Waals surface area contributed by atoms with Gasteiger partial charge in [-0.3, -0.25) is 9.59 Å². The van der Waals surface area contributed by atoms with Gasteiger partial charge in [0.25, 0.3) is 5.91 Å². The highest BCUT2D eigenvalue weighted by Gasteiger charge is 2.38. The van der Waals surface area contributed by atoms with Crippen molar-refractivity contribution in [3.63, 3.8) is 0 Å². The molecule has 1 atom stereocenters. The number of amides is 3. The first-order chi connectivity index (χ1) is 28.4. The van der Waals surface area contributed by atoms with Crippen LogP contribution in [0.15, 0.2) is 60.8 Å². The van der Waals surface area contributed by atoms with Crippen LogP contribution in [0.5, 0.6) is 0 Å². The average Bonchev–Trinajstić information content (AvgIpc) is 3.76. The van der Waals surface area contributed by atoms with Gasteiger partial charge in [0.15, 0.2) is 0 Å². The molecule has 2 aromatic carbocycles. The van der Waals surface area contributed by atoms with Gasteiger partial charge in [-0.2, -0.15) is 18.4 Å². The van der Waals surface area contributed by atoms with Crippen molar-refractivity contribution in [1.29, 1.82) is 0 Å². The second-order valence-electron chi connectivity index (χ2n) is 15.3. The van der Waals surface area contributed by atoms with Crippen molar-refractivity contribution < 1.29 is 46.9 Å². The molecule has 2 aliphatic rings. The fourth-order valence-electron chi connectivity index (χ4n) is 6.72. The summed E-state index contributed by atoms with van der Waals surface area (Å²) in [6, 6.07) is 15.5. The number of nitrogens with one attached hydrogen (secondary N) is 2. The largest absolute Gasteiger partial charge is 0.490 e. The Balaban J connectivity index is 0.000000896. The number of carboxylic acids is 1. The van der Waals surface area contributed by atoms with Gasteiger partial charge in [0.05, 0.1) is 30.0 Å². The van der Waals surface area contributed by atoms with Crippen LogP contribution >= 0.6 is 11.6 Å². The highest BCUT2D eigenvalue weighted by atomic mass is 35.5. The predicted molar refractivity (Wildman–Crippen MR) is 215 cm³/mol. The van der Waals surface area contributed by atoms with Crippen LogP contribution in [0.3, 0.4) is 0 Å². The maximum Gasteiger partial charge on any atom is 0.490 e. The first-order valence-electron chi connectivity index (χ1n) is 19.2. The van der Waals surface area contributed by atoms with E-state index in [2.05, 4.69) is 35.8 Å². The third-order valence-corrected chi connectivity index (χ3v) is 10.1. The van der Waals surface area contributed by atoms with Gasteiger partial charge >= 0.3 is 18.2 Å². The van der Waals surface area contributed by atoms with Crippen LogP contribution < -0.4 is 20.9 Å². The topological polar surface area (TPSA) is 219 Å². The van der Waals surface area contributed by atoms with Crippen molar-refractivity contribution >= 4 is 47.0 Å². The van der Waals surface area contributed by atoms with Gasteiger partial charge in [0.2, 0.25) is 11.7 Å². The molecule has 0 unspecified atom stereocenters. The van der Waals surface area contributed by atoms with E-state index >= 15 is 0 Å². The van der Waals surface area contributed by atoms with E-state index in [1.165, 1.54) is 4.90 Å². The zero-order valence-corrected chi connectivity index (χ0v) is 34.0. The summed E-state index contributed by atoms with van der Waals surface area (Å²) in [6.45, 7) is 8.61. The standard InChI is InChI=1S/C38H46ClN9O5.C2HF3O2/c1-38(2,3)53-37(51)42-23-25-6-10-28(11-7-25)35(49)48(29-14-12-27(13-15-29)33-43-45-46-44-33)36(50)31(40)22-24-4-8-26(9-5-24)30-16-17-41-34(32(30)39)47-18-20-52-21-19-47;3-2(4,5)1(6)7/h4-5,8-9,12-17,25,28,31H,6-7,10-11,18-23,40H2,1-3H3,(H,42,51)(H,43,44,45,46);(H,6,7)/t25-,28-,31-;/m0./s1. The number of anilines is 2. The summed E-state index contributed by atoms with van der Waals surface area (Å²) in [7, 11) is 0. The summed E-state index contributed by atoms with van der Waals surface area (Å²) in [4.78, 5) is 57.3. The molecule has 322 valence electrons. The molecular weight excluding hydrogens is 811 g/mol. The molecule has 1 aliphatic carbocycles. The van der Waals surface area contributed by atoms with Crippen molar-refractivity contribution in [2.45, 2.75) is 70.7 Å². The number of aromatic nitrogens is 5. The van der Waals surface area contributed by atoms with Crippen LogP contribution in [0, 0.1) is 11.8 Å². The maximum absolute atomic E-state index is 14.2. The number of hydrogen-bond donors (Lipinski definition) is 4. The molecule has 5 N–H and O–H groups in total. The summed E-state index contributed by atoms with van der Waals surface area (Å²) >= 11 is 6.84. The van der Waals surface area contributed by atoms with E-state index in [1.807, 2.05) is 51.1 Å². The Bertz CT molecular complexity index is 2070. The van der Waals surface area contributed by atoms with Gasteiger partial charge < -0.3 is 30.5 Å². The number of halogens is 4. The van der Waals surface area contributed by atoms with Gasteiger partial charge in [-0.1, -0.05) is 35.9 Å². The predicted octanol–water partition coefficient (Wildman–Crippen LogP) is 5.81. The van der Waals surface area contributed by atoms with E-state index in [0.29, 0.717) is 54.7 Å². The van der Waals surface area contributed by atoms with Crippen LogP contribution in [0.4, 0.5) is 29.5 Å². The summed E-state index contributed by atoms with van der Waals surface area (Å²) in [5.41, 5.74) is 9.70. The summed E-state index contributed by atoms with van der Waals surface area (Å²) < 4.78 is 42.6. The minimum atomic E-state index is -5.08. The molecule has 4 aromatic rings. The Kier molecular flexibility index (Phi) is 15.2. The maximum atomic E-state index is 14.2. The van der Waals surface area contributed by atoms with Crippen molar-refractivity contribution in [1.82, 2.24) is 30.9 Å². The fourth-order valence-corrected chi connectivity index (χ4v) is 7.06. The number of rotatable bonds is 10. The SMILES string of the molecule is CC(C)(C)OC(=O)NC[C@H]1CC[C@H](C(=O)N(C(=O)[C@@H](N)Cc2ccc(-c3ccnc(N4CCOCC4)c3Cl)cc2)c2ccc(-c3nn[nH]n3)cc2)CC1.O=C(O)C(F)(F)F. The molecule has 0 bridgehead atoms. The van der Waals surface area contributed by atoms with E-state index in [4.69, 9.17) is 36.7 Å². The number of morpholine rings is 1. The number of aromatic amines is 1. The lowest BCUT2D eigenvalue weighted by Crippen LogP contribution is -2.50. The third-order valence-electron chi connectivity index (χ3n) is 9.76. The first kappa shape index (κ1) is 45.4. The number of alkyl carbamates (subject to hydrolysis) is 1. The Morgan fingerprint density at radius 2 is 1.62 bits per heavy atom. The van der Waals surface area contributed by atoms with Gasteiger partial charge in [-0.15, -0.1) is 10.2 Å². The number of tetrazole rings is 1. The number of H-pyrrole nitrogens is 1. The quantitative estimate of drug-likeness (QED) is 0.148. The molecule has 6 rings (SSSR count). The lowest BCUT2D eigenvalue weighted by Gasteiger charge is -2.32. The lowest BCUT2D eigenvalue weighted by molar-refractivity contribution is -0.192. The fraction of sp³-hybridized carbons (Fsp3) is 0.450. The number of benzene rings is 2. The second kappa shape index (κ2) is 20.1. The number of carbonyl (C=O) groups is 4. The number of hydrogen-bond acceptors (Lipinski definition) is 12. The molecule has 1 aliphatic heterocycles. The van der Waals surface area contributed by atoms with Crippen LogP contribution in [-0.4, -0.2) is 105 Å². The minimum absolute atomic E-state index is 0.197. The molecular formula is C40H47ClF3N9O7. The van der Waals surface area contributed by atoms with Crippen molar-refractivity contribution in [2.75, 3.05) is 42.6 Å². The van der Waals surface area contributed by atoms with E-state index in [0.717, 1.165) is 48.4 Å². The number of imide groups is 1. The first-order valence-corrected chi connectivity index (χ1v) is 19.6. The Morgan fingerprint density at radius 3 is 2.18 bits per heavy atom. The van der Waals surface area contributed by atoms with E-state index < -0.39 is 35.8 Å². The van der Waals surface area contributed by atoms with E-state index in [-0.39, 0.29) is 24.2 Å².